The van der Waals surface area contributed by atoms with Crippen molar-refractivity contribution in [1.29, 1.82) is 0 Å². The van der Waals surface area contributed by atoms with Gasteiger partial charge in [0.1, 0.15) is 5.75 Å². The van der Waals surface area contributed by atoms with Crippen molar-refractivity contribution in [2.24, 2.45) is 0 Å². The van der Waals surface area contributed by atoms with E-state index < -0.39 is 0 Å². The van der Waals surface area contributed by atoms with Gasteiger partial charge in [-0.1, -0.05) is 11.3 Å². The summed E-state index contributed by atoms with van der Waals surface area (Å²) in [5, 5.41) is 11.1. The van der Waals surface area contributed by atoms with Crippen LogP contribution >= 0.6 is 0 Å². The first-order valence-electron chi connectivity index (χ1n) is 8.34. The van der Waals surface area contributed by atoms with Crippen LogP contribution in [-0.2, 0) is 4.74 Å². The fraction of sp³-hybridized carbons (Fsp3) is 0.471. The Morgan fingerprint density at radius 1 is 1.36 bits per heavy atom. The number of morpholine rings is 1. The maximum Gasteiger partial charge on any atom is 0.273 e. The molecule has 0 spiro atoms. The highest BCUT2D eigenvalue weighted by Gasteiger charge is 2.18. The van der Waals surface area contributed by atoms with Crippen LogP contribution in [0, 0.1) is 6.92 Å². The van der Waals surface area contributed by atoms with Crippen molar-refractivity contribution >= 4 is 5.91 Å². The monoisotopic (exact) mass is 345 g/mol. The van der Waals surface area contributed by atoms with Gasteiger partial charge < -0.3 is 14.8 Å². The topological polar surface area (TPSA) is 81.5 Å². The van der Waals surface area contributed by atoms with E-state index in [1.807, 2.05) is 31.2 Å². The highest BCUT2D eigenvalue weighted by atomic mass is 16.5. The van der Waals surface area contributed by atoms with Crippen LogP contribution < -0.4 is 10.1 Å². The number of nitrogens with zero attached hydrogens (tertiary/aromatic N) is 4. The third-order valence-electron chi connectivity index (χ3n) is 4.22. The second kappa shape index (κ2) is 8.09. The summed E-state index contributed by atoms with van der Waals surface area (Å²) in [5.74, 6) is 0.517. The van der Waals surface area contributed by atoms with Crippen molar-refractivity contribution in [3.8, 4) is 11.4 Å². The van der Waals surface area contributed by atoms with Gasteiger partial charge in [-0.3, -0.25) is 9.69 Å². The zero-order valence-electron chi connectivity index (χ0n) is 14.6. The molecule has 1 amide bonds. The first kappa shape index (κ1) is 17.4. The number of rotatable bonds is 6. The number of carbonyl (C=O) groups is 1. The van der Waals surface area contributed by atoms with E-state index in [4.69, 9.17) is 9.47 Å². The largest absolute Gasteiger partial charge is 0.497 e. The highest BCUT2D eigenvalue weighted by molar-refractivity contribution is 5.93. The molecule has 1 aliphatic rings. The van der Waals surface area contributed by atoms with Crippen molar-refractivity contribution in [2.45, 2.75) is 6.92 Å². The van der Waals surface area contributed by atoms with E-state index in [1.165, 1.54) is 0 Å². The molecular formula is C17H23N5O3. The smallest absolute Gasteiger partial charge is 0.273 e. The molecule has 1 aliphatic heterocycles. The molecule has 1 saturated heterocycles. The van der Waals surface area contributed by atoms with Gasteiger partial charge in [-0.2, -0.15) is 0 Å². The Hall–Kier alpha value is -2.45. The molecule has 0 saturated carbocycles. The van der Waals surface area contributed by atoms with Gasteiger partial charge >= 0.3 is 0 Å². The molecule has 0 unspecified atom stereocenters. The Labute approximate surface area is 146 Å². The van der Waals surface area contributed by atoms with Gasteiger partial charge in [-0.15, -0.1) is 5.10 Å². The minimum atomic E-state index is -0.208. The summed E-state index contributed by atoms with van der Waals surface area (Å²) in [4.78, 5) is 14.6. The minimum Gasteiger partial charge on any atom is -0.497 e. The predicted octanol–water partition coefficient (Wildman–Crippen LogP) is 0.646. The van der Waals surface area contributed by atoms with Crippen LogP contribution in [0.3, 0.4) is 0 Å². The summed E-state index contributed by atoms with van der Waals surface area (Å²) in [6, 6.07) is 7.47. The zero-order chi connectivity index (χ0) is 17.6. The van der Waals surface area contributed by atoms with E-state index in [9.17, 15) is 4.79 Å². The number of carbonyl (C=O) groups excluding carboxylic acids is 1. The van der Waals surface area contributed by atoms with Crippen LogP contribution in [0.2, 0.25) is 0 Å². The van der Waals surface area contributed by atoms with Gasteiger partial charge in [0, 0.05) is 32.2 Å². The maximum atomic E-state index is 12.4. The number of hydrogen-bond donors (Lipinski definition) is 1. The molecule has 2 heterocycles. The number of aromatic nitrogens is 3. The van der Waals surface area contributed by atoms with Crippen LogP contribution in [-0.4, -0.2) is 72.3 Å². The third kappa shape index (κ3) is 4.15. The van der Waals surface area contributed by atoms with Crippen LogP contribution in [0.15, 0.2) is 24.3 Å². The van der Waals surface area contributed by atoms with E-state index in [-0.39, 0.29) is 5.91 Å². The van der Waals surface area contributed by atoms with Crippen molar-refractivity contribution in [1.82, 2.24) is 25.2 Å². The molecule has 1 aromatic carbocycles. The zero-order valence-corrected chi connectivity index (χ0v) is 14.6. The number of amides is 1. The first-order valence-corrected chi connectivity index (χ1v) is 8.34. The molecule has 0 radical (unpaired) electrons. The summed E-state index contributed by atoms with van der Waals surface area (Å²) in [7, 11) is 1.61. The molecule has 1 fully saturated rings. The molecule has 2 aromatic rings. The average Bonchev–Trinajstić information content (AvgIpc) is 3.04. The van der Waals surface area contributed by atoms with Crippen LogP contribution in [0.5, 0.6) is 5.75 Å². The maximum absolute atomic E-state index is 12.4. The lowest BCUT2D eigenvalue weighted by Crippen LogP contribution is -2.41. The number of benzene rings is 1. The lowest BCUT2D eigenvalue weighted by molar-refractivity contribution is 0.0383. The summed E-state index contributed by atoms with van der Waals surface area (Å²) >= 11 is 0. The molecule has 25 heavy (non-hydrogen) atoms. The van der Waals surface area contributed by atoms with E-state index in [1.54, 1.807) is 11.8 Å². The van der Waals surface area contributed by atoms with E-state index >= 15 is 0 Å². The Kier molecular flexibility index (Phi) is 5.62. The number of ether oxygens (including phenoxy) is 2. The van der Waals surface area contributed by atoms with Gasteiger partial charge in [-0.05, 0) is 19.1 Å². The van der Waals surface area contributed by atoms with Gasteiger partial charge in [-0.25, -0.2) is 4.68 Å². The summed E-state index contributed by atoms with van der Waals surface area (Å²) in [5.41, 5.74) is 1.83. The van der Waals surface area contributed by atoms with Crippen LogP contribution in [0.25, 0.3) is 5.69 Å². The third-order valence-corrected chi connectivity index (χ3v) is 4.22. The van der Waals surface area contributed by atoms with Crippen LogP contribution in [0.4, 0.5) is 0 Å². The second-order valence-electron chi connectivity index (χ2n) is 5.85. The first-order chi connectivity index (χ1) is 12.2. The summed E-state index contributed by atoms with van der Waals surface area (Å²) in [6.45, 7) is 6.52. The number of nitrogens with one attached hydrogen (secondary N) is 1. The fourth-order valence-electron chi connectivity index (χ4n) is 2.76. The Bertz CT molecular complexity index is 725. The van der Waals surface area contributed by atoms with Gasteiger partial charge in [0.05, 0.1) is 31.7 Å². The molecule has 8 nitrogen and oxygen atoms in total. The molecule has 8 heteroatoms. The standard InChI is InChI=1S/C17H23N5O3/c1-13-16(17(23)18-6-7-21-8-10-25-11-9-21)19-20-22(13)14-4-3-5-15(12-14)24-2/h3-5,12H,6-11H2,1-2H3,(H,18,23). The SMILES string of the molecule is COc1cccc(-n2nnc(C(=O)NCCN3CCOCC3)c2C)c1. The average molecular weight is 345 g/mol. The molecule has 0 atom stereocenters. The lowest BCUT2D eigenvalue weighted by Gasteiger charge is -2.26. The molecule has 1 aromatic heterocycles. The molecular weight excluding hydrogens is 322 g/mol. The lowest BCUT2D eigenvalue weighted by atomic mass is 10.2. The Balaban J connectivity index is 1.62. The molecule has 3 rings (SSSR count). The van der Waals surface area contributed by atoms with Crippen molar-refractivity contribution in [3.05, 3.63) is 35.7 Å². The molecule has 0 bridgehead atoms. The molecule has 1 N–H and O–H groups in total. The van der Waals surface area contributed by atoms with Crippen molar-refractivity contribution in [3.63, 3.8) is 0 Å². The number of methoxy groups -OCH3 is 1. The highest BCUT2D eigenvalue weighted by Crippen LogP contribution is 2.18. The second-order valence-corrected chi connectivity index (χ2v) is 5.85. The van der Waals surface area contributed by atoms with Crippen LogP contribution in [0.1, 0.15) is 16.2 Å². The predicted molar refractivity (Wildman–Crippen MR) is 92.2 cm³/mol. The van der Waals surface area contributed by atoms with Crippen molar-refractivity contribution in [2.75, 3.05) is 46.5 Å². The Morgan fingerprint density at radius 3 is 2.92 bits per heavy atom. The Morgan fingerprint density at radius 2 is 2.16 bits per heavy atom. The van der Waals surface area contributed by atoms with E-state index in [0.717, 1.165) is 44.3 Å². The summed E-state index contributed by atoms with van der Waals surface area (Å²) in [6.07, 6.45) is 0. The van der Waals surface area contributed by atoms with E-state index in [2.05, 4.69) is 20.5 Å². The van der Waals surface area contributed by atoms with E-state index in [0.29, 0.717) is 17.9 Å². The fourth-order valence-corrected chi connectivity index (χ4v) is 2.76. The molecule has 0 aliphatic carbocycles. The normalized spacial score (nSPS) is 15.1. The molecule has 134 valence electrons. The van der Waals surface area contributed by atoms with Gasteiger partial charge in [0.2, 0.25) is 0 Å². The minimum absolute atomic E-state index is 0.208. The van der Waals surface area contributed by atoms with Gasteiger partial charge in [0.15, 0.2) is 5.69 Å². The summed E-state index contributed by atoms with van der Waals surface area (Å²) < 4.78 is 12.2. The van der Waals surface area contributed by atoms with Crippen molar-refractivity contribution < 1.29 is 14.3 Å². The van der Waals surface area contributed by atoms with Gasteiger partial charge in [0.25, 0.3) is 5.91 Å². The number of hydrogen-bond acceptors (Lipinski definition) is 6. The quantitative estimate of drug-likeness (QED) is 0.828.